The third kappa shape index (κ3) is 2.57. The summed E-state index contributed by atoms with van der Waals surface area (Å²) in [5, 5.41) is 0.653. The van der Waals surface area contributed by atoms with E-state index >= 15 is 0 Å². The third-order valence-electron chi connectivity index (χ3n) is 1.57. The summed E-state index contributed by atoms with van der Waals surface area (Å²) in [6, 6.07) is 5.24. The lowest BCUT2D eigenvalue weighted by molar-refractivity contribution is 0.0826. The van der Waals surface area contributed by atoms with E-state index in [4.69, 9.17) is 11.6 Å². The average Bonchev–Trinajstić information content (AvgIpc) is 2.03. The second-order valence-corrected chi connectivity index (χ2v) is 4.42. The summed E-state index contributed by atoms with van der Waals surface area (Å²) in [7, 11) is 3.46. The zero-order valence-electron chi connectivity index (χ0n) is 7.34. The van der Waals surface area contributed by atoms with Gasteiger partial charge in [-0.25, -0.2) is 0 Å². The Labute approximate surface area is 96.0 Å². The molecule has 0 bridgehead atoms. The summed E-state index contributed by atoms with van der Waals surface area (Å²) < 4.78 is 0.879. The number of rotatable bonds is 1. The number of hydrogen-bond acceptors (Lipinski definition) is 1. The Hall–Kier alpha value is -0.290. The summed E-state index contributed by atoms with van der Waals surface area (Å²) in [6.45, 7) is 0. The number of nitrogens with zero attached hydrogens (tertiary/aromatic N) is 1. The van der Waals surface area contributed by atoms with Crippen molar-refractivity contribution in [2.24, 2.45) is 0 Å². The summed E-state index contributed by atoms with van der Waals surface area (Å²) >= 11 is 7.87. The number of benzene rings is 1. The molecule has 1 amide bonds. The molecular weight excluding hydrogens is 300 g/mol. The van der Waals surface area contributed by atoms with Crippen LogP contribution in [0.2, 0.25) is 5.02 Å². The molecule has 70 valence electrons. The van der Waals surface area contributed by atoms with Gasteiger partial charge in [0.25, 0.3) is 5.91 Å². The lowest BCUT2D eigenvalue weighted by Gasteiger charge is -2.11. The molecule has 0 N–H and O–H groups in total. The van der Waals surface area contributed by atoms with E-state index in [1.807, 2.05) is 0 Å². The highest BCUT2D eigenvalue weighted by Gasteiger charge is 2.11. The summed E-state index contributed by atoms with van der Waals surface area (Å²) in [4.78, 5) is 13.1. The van der Waals surface area contributed by atoms with E-state index in [2.05, 4.69) is 22.6 Å². The van der Waals surface area contributed by atoms with Gasteiger partial charge in [0.1, 0.15) is 0 Å². The normalized spacial score (nSPS) is 9.85. The van der Waals surface area contributed by atoms with Crippen molar-refractivity contribution in [2.45, 2.75) is 0 Å². The van der Waals surface area contributed by atoms with Crippen LogP contribution in [0.4, 0.5) is 0 Å². The van der Waals surface area contributed by atoms with Gasteiger partial charge in [-0.2, -0.15) is 0 Å². The zero-order chi connectivity index (χ0) is 10.0. The highest BCUT2D eigenvalue weighted by molar-refractivity contribution is 14.1. The molecule has 13 heavy (non-hydrogen) atoms. The minimum atomic E-state index is 0.000988. The van der Waals surface area contributed by atoms with E-state index < -0.39 is 0 Å². The fraction of sp³-hybridized carbons (Fsp3) is 0.222. The van der Waals surface area contributed by atoms with Crippen LogP contribution in [-0.2, 0) is 0 Å². The molecule has 0 heterocycles. The molecule has 0 radical (unpaired) electrons. The van der Waals surface area contributed by atoms with Gasteiger partial charge in [-0.05, 0) is 40.8 Å². The number of amides is 1. The van der Waals surface area contributed by atoms with Crippen LogP contribution < -0.4 is 0 Å². The number of carbonyl (C=O) groups is 1. The molecule has 0 atom stereocenters. The monoisotopic (exact) mass is 309 g/mol. The van der Waals surface area contributed by atoms with E-state index in [1.165, 1.54) is 0 Å². The largest absolute Gasteiger partial charge is 0.345 e. The van der Waals surface area contributed by atoms with Crippen LogP contribution in [0.15, 0.2) is 18.2 Å². The van der Waals surface area contributed by atoms with Crippen molar-refractivity contribution in [1.82, 2.24) is 4.90 Å². The van der Waals surface area contributed by atoms with Gasteiger partial charge < -0.3 is 4.90 Å². The topological polar surface area (TPSA) is 20.3 Å². The Kier molecular flexibility index (Phi) is 3.55. The fourth-order valence-corrected chi connectivity index (χ4v) is 2.01. The van der Waals surface area contributed by atoms with Crippen molar-refractivity contribution in [3.8, 4) is 0 Å². The summed E-state index contributed by atoms with van der Waals surface area (Å²) in [6.07, 6.45) is 0. The lowest BCUT2D eigenvalue weighted by Crippen LogP contribution is -2.22. The van der Waals surface area contributed by atoms with E-state index in [1.54, 1.807) is 37.2 Å². The molecular formula is C9H9ClINO. The standard InChI is InChI=1S/C9H9ClINO/c1-12(2)9(13)7-4-3-6(10)5-8(7)11/h3-5H,1-2H3. The van der Waals surface area contributed by atoms with Crippen molar-refractivity contribution in [3.05, 3.63) is 32.4 Å². The molecule has 0 saturated carbocycles. The second kappa shape index (κ2) is 4.28. The van der Waals surface area contributed by atoms with Gasteiger partial charge >= 0.3 is 0 Å². The lowest BCUT2D eigenvalue weighted by atomic mass is 10.2. The van der Waals surface area contributed by atoms with Gasteiger partial charge in [0.05, 0.1) is 5.56 Å². The van der Waals surface area contributed by atoms with Crippen molar-refractivity contribution in [2.75, 3.05) is 14.1 Å². The molecule has 1 rings (SSSR count). The molecule has 1 aromatic carbocycles. The first-order valence-electron chi connectivity index (χ1n) is 3.69. The maximum Gasteiger partial charge on any atom is 0.254 e. The minimum Gasteiger partial charge on any atom is -0.345 e. The predicted octanol–water partition coefficient (Wildman–Crippen LogP) is 2.65. The quantitative estimate of drug-likeness (QED) is 0.730. The van der Waals surface area contributed by atoms with Crippen LogP contribution in [0, 0.1) is 3.57 Å². The summed E-state index contributed by atoms with van der Waals surface area (Å²) in [5.74, 6) is 0.000988. The van der Waals surface area contributed by atoms with E-state index in [0.717, 1.165) is 3.57 Å². The first kappa shape index (κ1) is 10.8. The molecule has 0 unspecified atom stereocenters. The molecule has 0 aromatic heterocycles. The van der Waals surface area contributed by atoms with Crippen molar-refractivity contribution in [3.63, 3.8) is 0 Å². The van der Waals surface area contributed by atoms with Crippen LogP contribution in [-0.4, -0.2) is 24.9 Å². The fourth-order valence-electron chi connectivity index (χ4n) is 0.904. The van der Waals surface area contributed by atoms with E-state index in [-0.39, 0.29) is 5.91 Å². The highest BCUT2D eigenvalue weighted by atomic mass is 127. The Morgan fingerprint density at radius 3 is 2.54 bits per heavy atom. The molecule has 4 heteroatoms. The number of halogens is 2. The predicted molar refractivity (Wildman–Crippen MR) is 62.2 cm³/mol. The van der Waals surface area contributed by atoms with Crippen LogP contribution in [0.1, 0.15) is 10.4 Å². The molecule has 0 aliphatic carbocycles. The molecule has 0 saturated heterocycles. The minimum absolute atomic E-state index is 0.000988. The van der Waals surface area contributed by atoms with E-state index in [0.29, 0.717) is 10.6 Å². The average molecular weight is 310 g/mol. The van der Waals surface area contributed by atoms with Gasteiger partial charge in [-0.3, -0.25) is 4.79 Å². The number of carbonyl (C=O) groups excluding carboxylic acids is 1. The highest BCUT2D eigenvalue weighted by Crippen LogP contribution is 2.18. The van der Waals surface area contributed by atoms with Gasteiger partial charge in [-0.15, -0.1) is 0 Å². The second-order valence-electron chi connectivity index (χ2n) is 2.82. The Bertz CT molecular complexity index is 338. The molecule has 1 aromatic rings. The van der Waals surface area contributed by atoms with Crippen LogP contribution in [0.3, 0.4) is 0 Å². The molecule has 0 spiro atoms. The smallest absolute Gasteiger partial charge is 0.254 e. The maximum absolute atomic E-state index is 11.6. The van der Waals surface area contributed by atoms with Crippen molar-refractivity contribution in [1.29, 1.82) is 0 Å². The Balaban J connectivity index is 3.09. The third-order valence-corrected chi connectivity index (χ3v) is 2.70. The first-order chi connectivity index (χ1) is 6.02. The first-order valence-corrected chi connectivity index (χ1v) is 5.14. The van der Waals surface area contributed by atoms with Crippen LogP contribution in [0.25, 0.3) is 0 Å². The molecule has 0 fully saturated rings. The van der Waals surface area contributed by atoms with Gasteiger partial charge in [0.15, 0.2) is 0 Å². The Morgan fingerprint density at radius 1 is 1.46 bits per heavy atom. The Morgan fingerprint density at radius 2 is 2.08 bits per heavy atom. The SMILES string of the molecule is CN(C)C(=O)c1ccc(Cl)cc1I. The van der Waals surface area contributed by atoms with Gasteiger partial charge in [0, 0.05) is 22.7 Å². The summed E-state index contributed by atoms with van der Waals surface area (Å²) in [5.41, 5.74) is 0.690. The molecule has 2 nitrogen and oxygen atoms in total. The van der Waals surface area contributed by atoms with Crippen molar-refractivity contribution >= 4 is 40.1 Å². The van der Waals surface area contributed by atoms with Gasteiger partial charge in [-0.1, -0.05) is 11.6 Å². The molecule has 0 aliphatic rings. The van der Waals surface area contributed by atoms with Crippen LogP contribution >= 0.6 is 34.2 Å². The van der Waals surface area contributed by atoms with E-state index in [9.17, 15) is 4.79 Å². The molecule has 0 aliphatic heterocycles. The maximum atomic E-state index is 11.6. The van der Waals surface area contributed by atoms with Gasteiger partial charge in [0.2, 0.25) is 0 Å². The zero-order valence-corrected chi connectivity index (χ0v) is 10.3. The number of hydrogen-bond donors (Lipinski definition) is 0. The van der Waals surface area contributed by atoms with Crippen molar-refractivity contribution < 1.29 is 4.79 Å². The van der Waals surface area contributed by atoms with Crippen LogP contribution in [0.5, 0.6) is 0 Å².